The van der Waals surface area contributed by atoms with Crippen molar-refractivity contribution in [3.8, 4) is 5.75 Å². The minimum atomic E-state index is -0.243. The van der Waals surface area contributed by atoms with Crippen LogP contribution in [0.5, 0.6) is 5.75 Å². The molecule has 5 rings (SSSR count). The van der Waals surface area contributed by atoms with E-state index < -0.39 is 0 Å². The summed E-state index contributed by atoms with van der Waals surface area (Å²) in [5, 5.41) is 0. The summed E-state index contributed by atoms with van der Waals surface area (Å²) in [6, 6.07) is 6.57. The molecule has 2 bridgehead atoms. The lowest BCUT2D eigenvalue weighted by Crippen LogP contribution is -2.48. The van der Waals surface area contributed by atoms with Crippen LogP contribution in [-0.4, -0.2) is 54.5 Å². The zero-order valence-corrected chi connectivity index (χ0v) is 14.7. The molecular weight excluding hydrogens is 319 g/mol. The van der Waals surface area contributed by atoms with E-state index in [1.165, 1.54) is 25.0 Å². The second-order valence-corrected chi connectivity index (χ2v) is 7.78. The average molecular weight is 346 g/mol. The molecule has 5 heteroatoms. The lowest BCUT2D eigenvalue weighted by Gasteiger charge is -2.36. The van der Waals surface area contributed by atoms with Gasteiger partial charge in [0, 0.05) is 32.2 Å². The zero-order valence-electron chi connectivity index (χ0n) is 14.7. The Morgan fingerprint density at radius 1 is 1.08 bits per heavy atom. The summed E-state index contributed by atoms with van der Waals surface area (Å²) < 4.78 is 18.6. The quantitative estimate of drug-likeness (QED) is 0.712. The number of piperidine rings is 1. The summed E-state index contributed by atoms with van der Waals surface area (Å²) in [7, 11) is 0. The highest BCUT2D eigenvalue weighted by atomic mass is 19.1. The van der Waals surface area contributed by atoms with Gasteiger partial charge in [-0.1, -0.05) is 0 Å². The second kappa shape index (κ2) is 7.32. The summed E-state index contributed by atoms with van der Waals surface area (Å²) in [6.45, 7) is 4.47. The van der Waals surface area contributed by atoms with Crippen LogP contribution in [0, 0.1) is 17.7 Å². The van der Waals surface area contributed by atoms with Crippen molar-refractivity contribution in [1.82, 2.24) is 9.80 Å². The van der Waals surface area contributed by atoms with E-state index in [9.17, 15) is 9.18 Å². The minimum Gasteiger partial charge on any atom is -0.494 e. The predicted octanol–water partition coefficient (Wildman–Crippen LogP) is 2.93. The number of carbonyl (C=O) groups excluding carboxylic acids is 1. The zero-order chi connectivity index (χ0) is 17.2. The van der Waals surface area contributed by atoms with Crippen molar-refractivity contribution < 1.29 is 13.9 Å². The van der Waals surface area contributed by atoms with Crippen LogP contribution in [0.25, 0.3) is 0 Å². The molecule has 4 nitrogen and oxygen atoms in total. The largest absolute Gasteiger partial charge is 0.494 e. The molecule has 2 atom stereocenters. The molecule has 3 aliphatic heterocycles. The molecule has 0 aromatic heterocycles. The van der Waals surface area contributed by atoms with Crippen molar-refractivity contribution in [2.24, 2.45) is 11.8 Å². The van der Waals surface area contributed by atoms with Gasteiger partial charge in [-0.25, -0.2) is 4.39 Å². The summed E-state index contributed by atoms with van der Waals surface area (Å²) >= 11 is 0. The Kier molecular flexibility index (Phi) is 4.93. The number of ether oxygens (including phenoxy) is 1. The molecule has 0 unspecified atom stereocenters. The topological polar surface area (TPSA) is 32.8 Å². The molecule has 1 aromatic rings. The number of fused-ring (bicyclic) bond motifs is 4. The highest BCUT2D eigenvalue weighted by molar-refractivity contribution is 5.80. The Morgan fingerprint density at radius 2 is 1.88 bits per heavy atom. The lowest BCUT2D eigenvalue weighted by molar-refractivity contribution is -0.140. The van der Waals surface area contributed by atoms with Gasteiger partial charge in [-0.15, -0.1) is 0 Å². The fraction of sp³-hybridized carbons (Fsp3) is 0.650. The number of nitrogens with zero attached hydrogens (tertiary/aromatic N) is 2. The van der Waals surface area contributed by atoms with Gasteiger partial charge >= 0.3 is 0 Å². The van der Waals surface area contributed by atoms with E-state index in [-0.39, 0.29) is 11.7 Å². The average Bonchev–Trinajstić information content (AvgIpc) is 3.44. The maximum atomic E-state index is 12.9. The molecule has 0 radical (unpaired) electrons. The Morgan fingerprint density at radius 3 is 2.64 bits per heavy atom. The first kappa shape index (κ1) is 16.8. The first-order chi connectivity index (χ1) is 12.2. The minimum absolute atomic E-state index is 0.190. The van der Waals surface area contributed by atoms with Gasteiger partial charge in [0.25, 0.3) is 0 Å². The Balaban J connectivity index is 1.26. The number of benzene rings is 1. The molecule has 1 aromatic carbocycles. The van der Waals surface area contributed by atoms with Crippen LogP contribution >= 0.6 is 0 Å². The van der Waals surface area contributed by atoms with Gasteiger partial charge in [-0.2, -0.15) is 0 Å². The lowest BCUT2D eigenvalue weighted by atomic mass is 9.94. The van der Waals surface area contributed by atoms with E-state index in [0.29, 0.717) is 24.3 Å². The van der Waals surface area contributed by atoms with Crippen molar-refractivity contribution in [3.05, 3.63) is 30.1 Å². The maximum Gasteiger partial charge on any atom is 0.227 e. The molecule has 4 aliphatic rings. The third kappa shape index (κ3) is 4.14. The van der Waals surface area contributed by atoms with Gasteiger partial charge in [-0.05, 0) is 62.3 Å². The smallest absolute Gasteiger partial charge is 0.227 e. The molecule has 0 N–H and O–H groups in total. The van der Waals surface area contributed by atoms with Crippen LogP contribution in [0.15, 0.2) is 24.3 Å². The summed E-state index contributed by atoms with van der Waals surface area (Å²) in [5.41, 5.74) is 0. The number of rotatable bonds is 7. The fourth-order valence-electron chi connectivity index (χ4n) is 4.14. The first-order valence-electron chi connectivity index (χ1n) is 9.60. The number of amides is 1. The normalized spacial score (nSPS) is 26.8. The van der Waals surface area contributed by atoms with Crippen molar-refractivity contribution in [2.75, 3.05) is 32.8 Å². The van der Waals surface area contributed by atoms with Crippen LogP contribution in [-0.2, 0) is 4.79 Å². The summed E-state index contributed by atoms with van der Waals surface area (Å²) in [4.78, 5) is 17.3. The molecular formula is C20H27FN2O2. The Bertz CT molecular complexity index is 602. The number of hydrogen-bond donors (Lipinski definition) is 0. The van der Waals surface area contributed by atoms with Crippen molar-refractivity contribution in [1.29, 1.82) is 0 Å². The number of hydrogen-bond acceptors (Lipinski definition) is 3. The van der Waals surface area contributed by atoms with Gasteiger partial charge in [0.2, 0.25) is 5.91 Å². The van der Waals surface area contributed by atoms with Gasteiger partial charge in [0.15, 0.2) is 0 Å². The van der Waals surface area contributed by atoms with Crippen molar-refractivity contribution >= 4 is 5.91 Å². The first-order valence-corrected chi connectivity index (χ1v) is 9.60. The van der Waals surface area contributed by atoms with Gasteiger partial charge in [0.05, 0.1) is 12.5 Å². The molecule has 136 valence electrons. The standard InChI is InChI=1S/C20H27FN2O2/c21-17-5-8-19(9-6-17)25-11-1-10-22-13-16-4-7-18(14-22)23(20(16)24)12-15-2-3-15/h5-6,8-9,15-16,18H,1-4,7,10-14H2/t16-,18+/m0/s1. The molecule has 1 aliphatic carbocycles. The van der Waals surface area contributed by atoms with Crippen LogP contribution in [0.3, 0.4) is 0 Å². The number of carbonyl (C=O) groups is 1. The third-order valence-corrected chi connectivity index (χ3v) is 5.72. The van der Waals surface area contributed by atoms with Crippen LogP contribution in [0.2, 0.25) is 0 Å². The maximum absolute atomic E-state index is 12.9. The van der Waals surface area contributed by atoms with Crippen LogP contribution in [0.4, 0.5) is 4.39 Å². The summed E-state index contributed by atoms with van der Waals surface area (Å²) in [5.74, 6) is 1.82. The predicted molar refractivity (Wildman–Crippen MR) is 93.9 cm³/mol. The number of halogens is 1. The highest BCUT2D eigenvalue weighted by Gasteiger charge is 2.42. The van der Waals surface area contributed by atoms with Crippen LogP contribution < -0.4 is 4.74 Å². The van der Waals surface area contributed by atoms with E-state index in [2.05, 4.69) is 9.80 Å². The molecule has 1 amide bonds. The summed E-state index contributed by atoms with van der Waals surface area (Å²) in [6.07, 6.45) is 5.73. The second-order valence-electron chi connectivity index (χ2n) is 7.78. The van der Waals surface area contributed by atoms with Crippen molar-refractivity contribution in [3.63, 3.8) is 0 Å². The van der Waals surface area contributed by atoms with Gasteiger partial charge in [-0.3, -0.25) is 4.79 Å². The molecule has 3 saturated heterocycles. The molecule has 4 fully saturated rings. The SMILES string of the molecule is O=C1[C@H]2CC[C@H](CN(CCCOc3ccc(F)cc3)C2)N1CC1CC1. The Labute approximate surface area is 148 Å². The van der Waals surface area contributed by atoms with E-state index in [4.69, 9.17) is 4.74 Å². The van der Waals surface area contributed by atoms with Crippen LogP contribution in [0.1, 0.15) is 32.1 Å². The van der Waals surface area contributed by atoms with E-state index in [0.717, 1.165) is 51.4 Å². The molecule has 1 saturated carbocycles. The van der Waals surface area contributed by atoms with Crippen molar-refractivity contribution in [2.45, 2.75) is 38.1 Å². The van der Waals surface area contributed by atoms with Gasteiger partial charge < -0.3 is 14.5 Å². The van der Waals surface area contributed by atoms with E-state index in [1.54, 1.807) is 12.1 Å². The Hall–Kier alpha value is -1.62. The van der Waals surface area contributed by atoms with E-state index >= 15 is 0 Å². The highest BCUT2D eigenvalue weighted by Crippen LogP contribution is 2.35. The molecule has 25 heavy (non-hydrogen) atoms. The van der Waals surface area contributed by atoms with E-state index in [1.807, 2.05) is 0 Å². The monoisotopic (exact) mass is 346 g/mol. The molecule has 3 heterocycles. The third-order valence-electron chi connectivity index (χ3n) is 5.72. The van der Waals surface area contributed by atoms with Gasteiger partial charge in [0.1, 0.15) is 11.6 Å². The fourth-order valence-corrected chi connectivity index (χ4v) is 4.14. The molecule has 0 spiro atoms.